The predicted molar refractivity (Wildman–Crippen MR) is 62.5 cm³/mol. The van der Waals surface area contributed by atoms with Gasteiger partial charge in [0.05, 0.1) is 0 Å². The Kier molecular flexibility index (Phi) is 2.29. The van der Waals surface area contributed by atoms with Crippen LogP contribution in [0.2, 0.25) is 9.26 Å². The van der Waals surface area contributed by atoms with E-state index in [0.29, 0.717) is 0 Å². The zero-order chi connectivity index (χ0) is 10.5. The molecule has 0 saturated carbocycles. The number of allylic oxidation sites excluding steroid dienone is 8. The molecule has 0 aromatic carbocycles. The Morgan fingerprint density at radius 2 is 1.33 bits per heavy atom. The van der Waals surface area contributed by atoms with Crippen molar-refractivity contribution in [3.8, 4) is 0 Å². The number of rotatable bonds is 0. The molecular weight excluding hydrogens is 259 g/mol. The van der Waals surface area contributed by atoms with Gasteiger partial charge in [-0.1, -0.05) is 0 Å². The summed E-state index contributed by atoms with van der Waals surface area (Å²) in [6.45, 7) is 0. The van der Waals surface area contributed by atoms with Gasteiger partial charge in [0.1, 0.15) is 0 Å². The van der Waals surface area contributed by atoms with Crippen LogP contribution in [0.15, 0.2) is 42.0 Å². The van der Waals surface area contributed by atoms with E-state index in [-0.39, 0.29) is 0 Å². The van der Waals surface area contributed by atoms with E-state index in [2.05, 4.69) is 33.6 Å². The second-order valence-electron chi connectivity index (χ2n) is 5.35. The minimum atomic E-state index is -2.07. The molecule has 3 rings (SSSR count). The standard InChI is InChI=1S/C12H12.2CH3.Zr/c1-2-6-11(5-1)9-10-12-7-3-4-8-12;;;/h1,3,5,7H,2,4,9-10H2;2*1H3;. The fraction of sp³-hybridized carbons (Fsp3) is 0.429. The molecule has 78 valence electrons. The summed E-state index contributed by atoms with van der Waals surface area (Å²) in [4.78, 5) is 0. The molecule has 1 heterocycles. The molecule has 0 radical (unpaired) electrons. The van der Waals surface area contributed by atoms with Gasteiger partial charge in [0, 0.05) is 0 Å². The van der Waals surface area contributed by atoms with Crippen molar-refractivity contribution in [3.63, 3.8) is 0 Å². The monoisotopic (exact) mass is 276 g/mol. The molecule has 0 saturated heterocycles. The van der Waals surface area contributed by atoms with Gasteiger partial charge in [0.2, 0.25) is 0 Å². The van der Waals surface area contributed by atoms with Crippen molar-refractivity contribution in [3.05, 3.63) is 42.0 Å². The predicted octanol–water partition coefficient (Wildman–Crippen LogP) is 4.46. The summed E-state index contributed by atoms with van der Waals surface area (Å²) in [7, 11) is 0. The maximum atomic E-state index is 2.62. The van der Waals surface area contributed by atoms with Crippen LogP contribution in [-0.2, 0) is 20.3 Å². The third-order valence-corrected chi connectivity index (χ3v) is 14.2. The molecule has 15 heavy (non-hydrogen) atoms. The molecule has 2 aliphatic carbocycles. The summed E-state index contributed by atoms with van der Waals surface area (Å²) >= 11 is -2.07. The summed E-state index contributed by atoms with van der Waals surface area (Å²) in [5.41, 5.74) is 3.41. The first kappa shape index (κ1) is 10.0. The topological polar surface area (TPSA) is 0 Å². The summed E-state index contributed by atoms with van der Waals surface area (Å²) < 4.78 is 9.01. The number of hydrogen-bond acceptors (Lipinski definition) is 0. The molecule has 0 nitrogen and oxygen atoms in total. The zero-order valence-electron chi connectivity index (χ0n) is 9.64. The van der Waals surface area contributed by atoms with Gasteiger partial charge in [-0.15, -0.1) is 0 Å². The SMILES string of the molecule is [CH3][Zr]1([CH3])[C]2=C(C=CC2)CCC2=[C]1CC=C2. The average Bonchev–Trinajstić information content (AvgIpc) is 2.82. The molecule has 0 atom stereocenters. The molecule has 0 aromatic rings. The van der Waals surface area contributed by atoms with Gasteiger partial charge in [-0.2, -0.15) is 0 Å². The van der Waals surface area contributed by atoms with Crippen LogP contribution in [0, 0.1) is 0 Å². The molecular formula is C14H18Zr. The van der Waals surface area contributed by atoms with Crippen molar-refractivity contribution in [1.29, 1.82) is 0 Å². The van der Waals surface area contributed by atoms with E-state index >= 15 is 0 Å². The molecule has 0 N–H and O–H groups in total. The van der Waals surface area contributed by atoms with E-state index in [0.717, 1.165) is 0 Å². The molecule has 0 fully saturated rings. The molecule has 0 aromatic heterocycles. The van der Waals surface area contributed by atoms with Gasteiger partial charge < -0.3 is 0 Å². The van der Waals surface area contributed by atoms with Crippen molar-refractivity contribution in [2.24, 2.45) is 0 Å². The van der Waals surface area contributed by atoms with Gasteiger partial charge in [-0.3, -0.25) is 0 Å². The van der Waals surface area contributed by atoms with Gasteiger partial charge in [-0.05, 0) is 0 Å². The van der Waals surface area contributed by atoms with Crippen LogP contribution in [0.25, 0.3) is 0 Å². The summed E-state index contributed by atoms with van der Waals surface area (Å²) in [6.07, 6.45) is 14.7. The summed E-state index contributed by atoms with van der Waals surface area (Å²) in [6, 6.07) is 0. The van der Waals surface area contributed by atoms with Crippen LogP contribution >= 0.6 is 0 Å². The third-order valence-electron chi connectivity index (χ3n) is 4.23. The summed E-state index contributed by atoms with van der Waals surface area (Å²) in [5.74, 6) is 0. The Hall–Kier alpha value is -0.157. The first-order chi connectivity index (χ1) is 7.19. The van der Waals surface area contributed by atoms with Gasteiger partial charge >= 0.3 is 97.2 Å². The average molecular weight is 278 g/mol. The Morgan fingerprint density at radius 1 is 0.867 bits per heavy atom. The molecule has 3 aliphatic rings. The van der Waals surface area contributed by atoms with Crippen molar-refractivity contribution >= 4 is 0 Å². The second-order valence-corrected chi connectivity index (χ2v) is 16.3. The van der Waals surface area contributed by atoms with Crippen LogP contribution in [0.4, 0.5) is 0 Å². The maximum absolute atomic E-state index is 2.62. The van der Waals surface area contributed by atoms with Crippen LogP contribution in [0.5, 0.6) is 0 Å². The quantitative estimate of drug-likeness (QED) is 0.613. The Morgan fingerprint density at radius 3 is 1.80 bits per heavy atom. The third kappa shape index (κ3) is 1.43. The van der Waals surface area contributed by atoms with Crippen LogP contribution in [0.1, 0.15) is 25.7 Å². The van der Waals surface area contributed by atoms with Crippen molar-refractivity contribution < 1.29 is 20.3 Å². The van der Waals surface area contributed by atoms with Crippen molar-refractivity contribution in [2.75, 3.05) is 0 Å². The Balaban J connectivity index is 2.10. The van der Waals surface area contributed by atoms with Gasteiger partial charge in [0.25, 0.3) is 0 Å². The summed E-state index contributed by atoms with van der Waals surface area (Å²) in [5, 5.41) is 0. The zero-order valence-corrected chi connectivity index (χ0v) is 12.1. The van der Waals surface area contributed by atoms with E-state index in [9.17, 15) is 0 Å². The van der Waals surface area contributed by atoms with Gasteiger partial charge in [0.15, 0.2) is 0 Å². The molecule has 0 spiro atoms. The first-order valence-corrected chi connectivity index (χ1v) is 13.3. The van der Waals surface area contributed by atoms with E-state index < -0.39 is 20.3 Å². The molecule has 1 aliphatic heterocycles. The normalized spacial score (nSPS) is 27.1. The fourth-order valence-corrected chi connectivity index (χ4v) is 12.3. The molecule has 0 unspecified atom stereocenters. The second kappa shape index (κ2) is 3.42. The van der Waals surface area contributed by atoms with Crippen LogP contribution in [-0.4, -0.2) is 0 Å². The minimum absolute atomic E-state index is 1.27. The molecule has 0 bridgehead atoms. The van der Waals surface area contributed by atoms with Crippen LogP contribution < -0.4 is 0 Å². The van der Waals surface area contributed by atoms with Crippen LogP contribution in [0.3, 0.4) is 0 Å². The Labute approximate surface area is 96.9 Å². The van der Waals surface area contributed by atoms with E-state index in [1.807, 2.05) is 6.56 Å². The molecule has 0 amide bonds. The molecule has 1 heteroatoms. The fourth-order valence-electron chi connectivity index (χ4n) is 3.33. The number of hydrogen-bond donors (Lipinski definition) is 0. The Bertz CT molecular complexity index is 390. The van der Waals surface area contributed by atoms with E-state index in [4.69, 9.17) is 0 Å². The van der Waals surface area contributed by atoms with Gasteiger partial charge in [-0.25, -0.2) is 0 Å². The van der Waals surface area contributed by atoms with Crippen molar-refractivity contribution in [1.82, 2.24) is 0 Å². The van der Waals surface area contributed by atoms with E-state index in [1.165, 1.54) is 25.7 Å². The van der Waals surface area contributed by atoms with E-state index in [1.54, 1.807) is 11.1 Å². The van der Waals surface area contributed by atoms with Crippen molar-refractivity contribution in [2.45, 2.75) is 34.9 Å². The first-order valence-electron chi connectivity index (χ1n) is 5.97.